The molecule has 4 nitrogen and oxygen atoms in total. The molecule has 0 aromatic rings. The third-order valence-corrected chi connectivity index (χ3v) is 3.12. The Morgan fingerprint density at radius 2 is 2.06 bits per heavy atom. The summed E-state index contributed by atoms with van der Waals surface area (Å²) in [6.07, 6.45) is 5.81. The van der Waals surface area contributed by atoms with E-state index in [4.69, 9.17) is 10.5 Å². The second-order valence-electron chi connectivity index (χ2n) is 4.64. The first-order valence-corrected chi connectivity index (χ1v) is 6.51. The fourth-order valence-electron chi connectivity index (χ4n) is 1.99. The second-order valence-corrected chi connectivity index (χ2v) is 4.64. The average Bonchev–Trinajstić information content (AvgIpc) is 2.59. The van der Waals surface area contributed by atoms with E-state index in [0.717, 1.165) is 6.54 Å². The number of hydrogen-bond donors (Lipinski definition) is 3. The molecule has 96 valence electrons. The van der Waals surface area contributed by atoms with Crippen molar-refractivity contribution in [2.45, 2.75) is 57.3 Å². The largest absolute Gasteiger partial charge is 0.389 e. The van der Waals surface area contributed by atoms with Crippen molar-refractivity contribution < 1.29 is 9.84 Å². The average molecular weight is 230 g/mol. The van der Waals surface area contributed by atoms with E-state index < -0.39 is 6.10 Å². The molecule has 3 atom stereocenters. The minimum atomic E-state index is -0.507. The molecule has 16 heavy (non-hydrogen) atoms. The van der Waals surface area contributed by atoms with Gasteiger partial charge in [0.2, 0.25) is 0 Å². The van der Waals surface area contributed by atoms with Crippen LogP contribution < -0.4 is 11.1 Å². The maximum atomic E-state index is 9.64. The predicted octanol–water partition coefficient (Wildman–Crippen LogP) is 0.633. The van der Waals surface area contributed by atoms with Gasteiger partial charge in [0.1, 0.15) is 0 Å². The molecule has 1 fully saturated rings. The van der Waals surface area contributed by atoms with Crippen LogP contribution in [0.15, 0.2) is 0 Å². The molecule has 0 aromatic carbocycles. The van der Waals surface area contributed by atoms with Crippen molar-refractivity contribution in [2.75, 3.05) is 19.7 Å². The van der Waals surface area contributed by atoms with E-state index in [2.05, 4.69) is 12.2 Å². The number of hydrogen-bond acceptors (Lipinski definition) is 4. The first-order valence-electron chi connectivity index (χ1n) is 6.51. The summed E-state index contributed by atoms with van der Waals surface area (Å²) in [6.45, 7) is 4.42. The molecule has 0 aliphatic carbocycles. The van der Waals surface area contributed by atoms with Crippen molar-refractivity contribution in [3.05, 3.63) is 0 Å². The monoisotopic (exact) mass is 230 g/mol. The molecular formula is C12H26N2O2. The van der Waals surface area contributed by atoms with Crippen molar-refractivity contribution in [1.82, 2.24) is 5.32 Å². The van der Waals surface area contributed by atoms with Crippen molar-refractivity contribution in [3.63, 3.8) is 0 Å². The Morgan fingerprint density at radius 1 is 1.31 bits per heavy atom. The van der Waals surface area contributed by atoms with Crippen molar-refractivity contribution in [2.24, 2.45) is 5.73 Å². The number of aliphatic hydroxyl groups is 1. The molecule has 1 rings (SSSR count). The summed E-state index contributed by atoms with van der Waals surface area (Å²) in [7, 11) is 0. The summed E-state index contributed by atoms with van der Waals surface area (Å²) in [4.78, 5) is 0. The van der Waals surface area contributed by atoms with E-state index in [1.807, 2.05) is 0 Å². The highest BCUT2D eigenvalue weighted by Crippen LogP contribution is 2.11. The van der Waals surface area contributed by atoms with Gasteiger partial charge >= 0.3 is 0 Å². The zero-order valence-corrected chi connectivity index (χ0v) is 10.3. The van der Waals surface area contributed by atoms with E-state index in [0.29, 0.717) is 13.2 Å². The molecule has 0 unspecified atom stereocenters. The SMILES string of the molecule is CCCCCCCNC[C@@H]1OC[C@H](N)[C@H]1O. The normalized spacial score (nSPS) is 29.8. The lowest BCUT2D eigenvalue weighted by Crippen LogP contribution is -2.41. The van der Waals surface area contributed by atoms with Gasteiger partial charge in [0.25, 0.3) is 0 Å². The van der Waals surface area contributed by atoms with Crippen LogP contribution >= 0.6 is 0 Å². The maximum Gasteiger partial charge on any atom is 0.0987 e. The van der Waals surface area contributed by atoms with Crippen LogP contribution in [-0.4, -0.2) is 43.1 Å². The van der Waals surface area contributed by atoms with Gasteiger partial charge in [-0.1, -0.05) is 32.6 Å². The summed E-state index contributed by atoms with van der Waals surface area (Å²) in [5.74, 6) is 0. The Kier molecular flexibility index (Phi) is 6.96. The van der Waals surface area contributed by atoms with Crippen LogP contribution in [0.2, 0.25) is 0 Å². The molecule has 1 aliphatic heterocycles. The number of rotatable bonds is 8. The van der Waals surface area contributed by atoms with Gasteiger partial charge < -0.3 is 20.9 Å². The number of aliphatic hydroxyl groups excluding tert-OH is 1. The first kappa shape index (κ1) is 13.9. The third-order valence-electron chi connectivity index (χ3n) is 3.12. The van der Waals surface area contributed by atoms with Gasteiger partial charge in [0.15, 0.2) is 0 Å². The quantitative estimate of drug-likeness (QED) is 0.535. The summed E-state index contributed by atoms with van der Waals surface area (Å²) in [5, 5.41) is 13.0. The molecule has 4 N–H and O–H groups in total. The van der Waals surface area contributed by atoms with E-state index in [1.165, 1.54) is 32.1 Å². The van der Waals surface area contributed by atoms with Crippen LogP contribution in [0.25, 0.3) is 0 Å². The number of unbranched alkanes of at least 4 members (excludes halogenated alkanes) is 4. The predicted molar refractivity (Wildman–Crippen MR) is 65.4 cm³/mol. The van der Waals surface area contributed by atoms with Gasteiger partial charge in [-0.2, -0.15) is 0 Å². The molecule has 0 spiro atoms. The first-order chi connectivity index (χ1) is 7.75. The second kappa shape index (κ2) is 8.01. The Labute approximate surface area is 98.5 Å². The molecule has 4 heteroatoms. The molecule has 0 amide bonds. The fourth-order valence-corrected chi connectivity index (χ4v) is 1.99. The van der Waals surface area contributed by atoms with Gasteiger partial charge in [-0.25, -0.2) is 0 Å². The van der Waals surface area contributed by atoms with Crippen LogP contribution in [0.3, 0.4) is 0 Å². The highest BCUT2D eigenvalue weighted by molar-refractivity contribution is 4.87. The van der Waals surface area contributed by atoms with Crippen molar-refractivity contribution >= 4 is 0 Å². The Balaban J connectivity index is 1.91. The molecule has 0 aromatic heterocycles. The van der Waals surface area contributed by atoms with Gasteiger partial charge in [0.05, 0.1) is 24.9 Å². The number of nitrogens with one attached hydrogen (secondary N) is 1. The minimum absolute atomic E-state index is 0.120. The van der Waals surface area contributed by atoms with E-state index in [1.54, 1.807) is 0 Å². The van der Waals surface area contributed by atoms with Crippen LogP contribution in [0.4, 0.5) is 0 Å². The van der Waals surface area contributed by atoms with E-state index in [-0.39, 0.29) is 12.1 Å². The zero-order chi connectivity index (χ0) is 11.8. The lowest BCUT2D eigenvalue weighted by Gasteiger charge is -2.15. The van der Waals surface area contributed by atoms with Crippen LogP contribution in [0, 0.1) is 0 Å². The molecular weight excluding hydrogens is 204 g/mol. The van der Waals surface area contributed by atoms with Crippen LogP contribution in [0.5, 0.6) is 0 Å². The van der Waals surface area contributed by atoms with E-state index in [9.17, 15) is 5.11 Å². The Bertz CT molecular complexity index is 178. The minimum Gasteiger partial charge on any atom is -0.389 e. The summed E-state index contributed by atoms with van der Waals surface area (Å²) < 4.78 is 5.39. The van der Waals surface area contributed by atoms with E-state index >= 15 is 0 Å². The van der Waals surface area contributed by atoms with Crippen molar-refractivity contribution in [1.29, 1.82) is 0 Å². The summed E-state index contributed by atoms with van der Waals surface area (Å²) in [6, 6.07) is -0.212. The van der Waals surface area contributed by atoms with Gasteiger partial charge in [-0.15, -0.1) is 0 Å². The zero-order valence-electron chi connectivity index (χ0n) is 10.3. The van der Waals surface area contributed by atoms with Crippen LogP contribution in [-0.2, 0) is 4.74 Å². The number of nitrogens with two attached hydrogens (primary N) is 1. The Hall–Kier alpha value is -0.160. The fraction of sp³-hybridized carbons (Fsp3) is 1.00. The lowest BCUT2D eigenvalue weighted by molar-refractivity contribution is 0.0419. The third kappa shape index (κ3) is 4.78. The molecule has 1 saturated heterocycles. The molecule has 1 heterocycles. The highest BCUT2D eigenvalue weighted by Gasteiger charge is 2.32. The maximum absolute atomic E-state index is 9.64. The summed E-state index contributed by atoms with van der Waals surface area (Å²) in [5.41, 5.74) is 5.65. The Morgan fingerprint density at radius 3 is 2.69 bits per heavy atom. The molecule has 0 radical (unpaired) electrons. The summed E-state index contributed by atoms with van der Waals surface area (Å²) >= 11 is 0. The standard InChI is InChI=1S/C12H26N2O2/c1-2-3-4-5-6-7-14-8-11-12(15)10(13)9-16-11/h10-12,14-15H,2-9,13H2,1H3/t10-,11-,12+/m0/s1. The smallest absolute Gasteiger partial charge is 0.0987 e. The molecule has 0 saturated carbocycles. The topological polar surface area (TPSA) is 67.5 Å². The van der Waals surface area contributed by atoms with Crippen LogP contribution in [0.1, 0.15) is 39.0 Å². The van der Waals surface area contributed by atoms with Crippen molar-refractivity contribution in [3.8, 4) is 0 Å². The number of ether oxygens (including phenoxy) is 1. The van der Waals surface area contributed by atoms with Gasteiger partial charge in [-0.3, -0.25) is 0 Å². The molecule has 0 bridgehead atoms. The van der Waals surface area contributed by atoms with Gasteiger partial charge in [0, 0.05) is 6.54 Å². The van der Waals surface area contributed by atoms with Gasteiger partial charge in [-0.05, 0) is 13.0 Å². The molecule has 1 aliphatic rings. The lowest BCUT2D eigenvalue weighted by atomic mass is 10.1. The highest BCUT2D eigenvalue weighted by atomic mass is 16.5.